The fraction of sp³-hybridized carbons (Fsp3) is 0.226. The van der Waals surface area contributed by atoms with Crippen LogP contribution < -0.4 is 0 Å². The number of amides is 1. The number of benzene rings is 4. The molecule has 6 rings (SSSR count). The van der Waals surface area contributed by atoms with Crippen molar-refractivity contribution in [2.45, 2.75) is 24.2 Å². The number of carbonyl (C=O) groups excluding carboxylic acids is 1. The SMILES string of the molecule is O=C(OCC1c2ccccc2-c2ccccc21)N1CCC(C(=O)O)(c2ccc3ccccc3c2)CC1. The fourth-order valence-corrected chi connectivity index (χ4v) is 5.87. The summed E-state index contributed by atoms with van der Waals surface area (Å²) in [5.74, 6) is -0.841. The number of piperidine rings is 1. The zero-order valence-corrected chi connectivity index (χ0v) is 19.9. The number of hydrogen-bond acceptors (Lipinski definition) is 3. The number of hydrogen-bond donors (Lipinski definition) is 1. The highest BCUT2D eigenvalue weighted by Crippen LogP contribution is 2.44. The molecule has 1 N–H and O–H groups in total. The number of aliphatic carboxylic acids is 1. The van der Waals surface area contributed by atoms with Crippen LogP contribution in [0.4, 0.5) is 4.79 Å². The van der Waals surface area contributed by atoms with E-state index >= 15 is 0 Å². The zero-order chi connectivity index (χ0) is 24.7. The Hall–Kier alpha value is -4.12. The van der Waals surface area contributed by atoms with Crippen LogP contribution >= 0.6 is 0 Å². The molecule has 0 atom stereocenters. The van der Waals surface area contributed by atoms with E-state index in [0.29, 0.717) is 25.9 Å². The van der Waals surface area contributed by atoms with E-state index in [2.05, 4.69) is 24.3 Å². The number of ether oxygens (including phenoxy) is 1. The van der Waals surface area contributed by atoms with Gasteiger partial charge in [0.05, 0.1) is 5.41 Å². The first kappa shape index (κ1) is 22.4. The van der Waals surface area contributed by atoms with Crippen LogP contribution in [0.2, 0.25) is 0 Å². The summed E-state index contributed by atoms with van der Waals surface area (Å²) in [6.07, 6.45) is 0.324. The van der Waals surface area contributed by atoms with Crippen LogP contribution in [-0.4, -0.2) is 41.8 Å². The minimum atomic E-state index is -1.01. The predicted molar refractivity (Wildman–Crippen MR) is 139 cm³/mol. The van der Waals surface area contributed by atoms with E-state index in [1.165, 1.54) is 22.3 Å². The molecular weight excluding hydrogens is 450 g/mol. The summed E-state index contributed by atoms with van der Waals surface area (Å²) < 4.78 is 5.81. The molecule has 4 aromatic rings. The van der Waals surface area contributed by atoms with Gasteiger partial charge in [0.1, 0.15) is 6.61 Å². The summed E-state index contributed by atoms with van der Waals surface area (Å²) in [7, 11) is 0. The van der Waals surface area contributed by atoms with Gasteiger partial charge in [-0.1, -0.05) is 91.0 Å². The second-order valence-electron chi connectivity index (χ2n) is 9.74. The van der Waals surface area contributed by atoms with Gasteiger partial charge in [0.2, 0.25) is 0 Å². The minimum absolute atomic E-state index is 0.00171. The molecule has 1 amide bonds. The molecule has 0 spiro atoms. The Morgan fingerprint density at radius 1 is 0.806 bits per heavy atom. The van der Waals surface area contributed by atoms with E-state index in [1.807, 2.05) is 66.7 Å². The van der Waals surface area contributed by atoms with Crippen LogP contribution in [-0.2, 0) is 14.9 Å². The highest BCUT2D eigenvalue weighted by Gasteiger charge is 2.44. The van der Waals surface area contributed by atoms with Crippen molar-refractivity contribution in [3.8, 4) is 11.1 Å². The molecule has 0 saturated carbocycles. The lowest BCUT2D eigenvalue weighted by Crippen LogP contribution is -2.49. The molecule has 1 saturated heterocycles. The van der Waals surface area contributed by atoms with Crippen LogP contribution in [0, 0.1) is 0 Å². The van der Waals surface area contributed by atoms with Gasteiger partial charge < -0.3 is 14.7 Å². The van der Waals surface area contributed by atoms with Crippen molar-refractivity contribution in [2.75, 3.05) is 19.7 Å². The zero-order valence-electron chi connectivity index (χ0n) is 19.9. The van der Waals surface area contributed by atoms with Gasteiger partial charge in [-0.25, -0.2) is 4.79 Å². The first-order valence-corrected chi connectivity index (χ1v) is 12.4. The number of fused-ring (bicyclic) bond motifs is 4. The number of carbonyl (C=O) groups is 2. The maximum absolute atomic E-state index is 13.0. The molecule has 1 aliphatic heterocycles. The van der Waals surface area contributed by atoms with Crippen molar-refractivity contribution < 1.29 is 19.4 Å². The molecule has 5 nitrogen and oxygen atoms in total. The van der Waals surface area contributed by atoms with Gasteiger partial charge in [-0.05, 0) is 51.4 Å². The van der Waals surface area contributed by atoms with Gasteiger partial charge in [-0.3, -0.25) is 4.79 Å². The first-order valence-electron chi connectivity index (χ1n) is 12.4. The quantitative estimate of drug-likeness (QED) is 0.380. The van der Waals surface area contributed by atoms with E-state index in [0.717, 1.165) is 16.3 Å². The Bertz CT molecular complexity index is 1420. The van der Waals surface area contributed by atoms with Crippen LogP contribution in [0.5, 0.6) is 0 Å². The van der Waals surface area contributed by atoms with Crippen molar-refractivity contribution in [1.82, 2.24) is 4.90 Å². The number of likely N-dealkylation sites (tertiary alicyclic amines) is 1. The average molecular weight is 478 g/mol. The Morgan fingerprint density at radius 3 is 2.03 bits per heavy atom. The summed E-state index contributed by atoms with van der Waals surface area (Å²) in [5.41, 5.74) is 4.51. The molecule has 1 aliphatic carbocycles. The van der Waals surface area contributed by atoms with Crippen LogP contribution in [0.15, 0.2) is 91.0 Å². The third-order valence-corrected chi connectivity index (χ3v) is 7.92. The second-order valence-corrected chi connectivity index (χ2v) is 9.74. The van der Waals surface area contributed by atoms with Crippen LogP contribution in [0.25, 0.3) is 21.9 Å². The monoisotopic (exact) mass is 477 g/mol. The number of rotatable bonds is 4. The normalized spacial score (nSPS) is 16.4. The maximum atomic E-state index is 13.0. The van der Waals surface area contributed by atoms with Crippen molar-refractivity contribution in [3.63, 3.8) is 0 Å². The summed E-state index contributed by atoms with van der Waals surface area (Å²) in [4.78, 5) is 27.2. The Morgan fingerprint density at radius 2 is 1.39 bits per heavy atom. The van der Waals surface area contributed by atoms with Gasteiger partial charge in [0.15, 0.2) is 0 Å². The van der Waals surface area contributed by atoms with Crippen molar-refractivity contribution >= 4 is 22.8 Å². The molecule has 5 heteroatoms. The van der Waals surface area contributed by atoms with E-state index in [4.69, 9.17) is 4.74 Å². The van der Waals surface area contributed by atoms with Gasteiger partial charge in [-0.15, -0.1) is 0 Å². The lowest BCUT2D eigenvalue weighted by atomic mass is 9.72. The van der Waals surface area contributed by atoms with Crippen molar-refractivity contribution in [1.29, 1.82) is 0 Å². The van der Waals surface area contributed by atoms with Crippen molar-refractivity contribution in [2.24, 2.45) is 0 Å². The summed E-state index contributed by atoms with van der Waals surface area (Å²) in [5, 5.41) is 12.3. The molecule has 1 fully saturated rings. The largest absolute Gasteiger partial charge is 0.481 e. The molecule has 4 aromatic carbocycles. The Labute approximate surface area is 209 Å². The lowest BCUT2D eigenvalue weighted by Gasteiger charge is -2.39. The van der Waals surface area contributed by atoms with Gasteiger partial charge in [0, 0.05) is 19.0 Å². The van der Waals surface area contributed by atoms with Gasteiger partial charge >= 0.3 is 12.1 Å². The van der Waals surface area contributed by atoms with Crippen molar-refractivity contribution in [3.05, 3.63) is 108 Å². The molecule has 0 radical (unpaired) electrons. The second kappa shape index (κ2) is 8.83. The van der Waals surface area contributed by atoms with E-state index < -0.39 is 11.4 Å². The summed E-state index contributed by atoms with van der Waals surface area (Å²) in [6, 6.07) is 30.3. The van der Waals surface area contributed by atoms with Crippen LogP contribution in [0.3, 0.4) is 0 Å². The topological polar surface area (TPSA) is 66.8 Å². The van der Waals surface area contributed by atoms with E-state index in [1.54, 1.807) is 4.90 Å². The highest BCUT2D eigenvalue weighted by atomic mass is 16.6. The number of carboxylic acid groups (broad SMARTS) is 1. The third kappa shape index (κ3) is 3.63. The molecule has 36 heavy (non-hydrogen) atoms. The summed E-state index contributed by atoms with van der Waals surface area (Å²) in [6.45, 7) is 0.948. The molecule has 0 aromatic heterocycles. The average Bonchev–Trinajstić information content (AvgIpc) is 3.25. The van der Waals surface area contributed by atoms with Crippen LogP contribution in [0.1, 0.15) is 35.4 Å². The Kier molecular flexibility index (Phi) is 5.48. The smallest absolute Gasteiger partial charge is 0.409 e. The predicted octanol–water partition coefficient (Wildman–Crippen LogP) is 6.21. The van der Waals surface area contributed by atoms with Gasteiger partial charge in [0.25, 0.3) is 0 Å². The Balaban J connectivity index is 1.16. The highest BCUT2D eigenvalue weighted by molar-refractivity contribution is 5.88. The molecule has 0 unspecified atom stereocenters. The van der Waals surface area contributed by atoms with E-state index in [9.17, 15) is 14.7 Å². The minimum Gasteiger partial charge on any atom is -0.481 e. The number of carboxylic acids is 1. The summed E-state index contributed by atoms with van der Waals surface area (Å²) >= 11 is 0. The molecule has 0 bridgehead atoms. The lowest BCUT2D eigenvalue weighted by molar-refractivity contribution is -0.145. The first-order chi connectivity index (χ1) is 17.6. The molecular formula is C31H27NO4. The van der Waals surface area contributed by atoms with Gasteiger partial charge in [-0.2, -0.15) is 0 Å². The number of nitrogens with zero attached hydrogens (tertiary/aromatic N) is 1. The molecule has 2 aliphatic rings. The standard InChI is InChI=1S/C31H27NO4/c33-29(34)31(23-14-13-21-7-1-2-8-22(21)19-23)15-17-32(18-16-31)30(35)36-20-28-26-11-5-3-9-24(26)25-10-4-6-12-27(25)28/h1-14,19,28H,15-18,20H2,(H,33,34). The maximum Gasteiger partial charge on any atom is 0.409 e. The fourth-order valence-electron chi connectivity index (χ4n) is 5.87. The molecule has 180 valence electrons. The third-order valence-electron chi connectivity index (χ3n) is 7.92. The van der Waals surface area contributed by atoms with E-state index in [-0.39, 0.29) is 18.6 Å². The molecule has 1 heterocycles.